The summed E-state index contributed by atoms with van der Waals surface area (Å²) < 4.78 is 0. The maximum Gasteiger partial charge on any atom is -0.00368 e. The molecular weight excluding hydrogens is 246 g/mol. The van der Waals surface area contributed by atoms with Gasteiger partial charge in [0.1, 0.15) is 0 Å². The van der Waals surface area contributed by atoms with Gasteiger partial charge in [0.15, 0.2) is 0 Å². The number of rotatable bonds is 13. The van der Waals surface area contributed by atoms with Crippen LogP contribution < -0.4 is 16.0 Å². The summed E-state index contributed by atoms with van der Waals surface area (Å²) in [7, 11) is 0. The van der Waals surface area contributed by atoms with Crippen LogP contribution in [0.4, 0.5) is 0 Å². The van der Waals surface area contributed by atoms with Gasteiger partial charge in [0.05, 0.1) is 0 Å². The van der Waals surface area contributed by atoms with Crippen LogP contribution in [-0.2, 0) is 0 Å². The molecule has 0 atom stereocenters. The van der Waals surface area contributed by atoms with Gasteiger partial charge in [-0.25, -0.2) is 0 Å². The van der Waals surface area contributed by atoms with E-state index in [9.17, 15) is 0 Å². The molecule has 3 heteroatoms. The molecular formula is C17H43N3. The summed E-state index contributed by atoms with van der Waals surface area (Å²) in [5.74, 6) is 0. The Morgan fingerprint density at radius 3 is 1.15 bits per heavy atom. The molecule has 0 unspecified atom stereocenters. The average molecular weight is 290 g/mol. The molecule has 0 aromatic rings. The van der Waals surface area contributed by atoms with E-state index in [1.807, 2.05) is 27.7 Å². The third-order valence-electron chi connectivity index (χ3n) is 2.55. The van der Waals surface area contributed by atoms with Gasteiger partial charge in [-0.1, -0.05) is 48.0 Å². The van der Waals surface area contributed by atoms with Gasteiger partial charge < -0.3 is 16.0 Å². The summed E-state index contributed by atoms with van der Waals surface area (Å²) in [6.45, 7) is 19.4. The topological polar surface area (TPSA) is 36.1 Å². The van der Waals surface area contributed by atoms with Gasteiger partial charge in [0, 0.05) is 0 Å². The SMILES string of the molecule is CC.CC.CCCCNCCCNCCCNCCC. The molecule has 0 bridgehead atoms. The molecule has 0 aliphatic carbocycles. The van der Waals surface area contributed by atoms with Crippen LogP contribution >= 0.6 is 0 Å². The third-order valence-corrected chi connectivity index (χ3v) is 2.55. The Labute approximate surface area is 129 Å². The van der Waals surface area contributed by atoms with Crippen LogP contribution in [0, 0.1) is 0 Å². The predicted octanol–water partition coefficient (Wildman–Crippen LogP) is 3.80. The molecule has 20 heavy (non-hydrogen) atoms. The Bertz CT molecular complexity index is 105. The Balaban J connectivity index is -0.000000656. The van der Waals surface area contributed by atoms with Gasteiger partial charge in [-0.2, -0.15) is 0 Å². The lowest BCUT2D eigenvalue weighted by Gasteiger charge is -2.06. The molecule has 0 radical (unpaired) electrons. The Morgan fingerprint density at radius 1 is 0.450 bits per heavy atom. The first-order chi connectivity index (χ1) is 9.91. The van der Waals surface area contributed by atoms with Crippen LogP contribution in [0.25, 0.3) is 0 Å². The van der Waals surface area contributed by atoms with E-state index in [-0.39, 0.29) is 0 Å². The molecule has 126 valence electrons. The van der Waals surface area contributed by atoms with E-state index in [1.54, 1.807) is 0 Å². The van der Waals surface area contributed by atoms with Gasteiger partial charge in [-0.15, -0.1) is 0 Å². The van der Waals surface area contributed by atoms with E-state index in [2.05, 4.69) is 29.8 Å². The van der Waals surface area contributed by atoms with Crippen molar-refractivity contribution in [2.24, 2.45) is 0 Å². The minimum Gasteiger partial charge on any atom is -0.317 e. The van der Waals surface area contributed by atoms with Crippen molar-refractivity contribution in [1.82, 2.24) is 16.0 Å². The summed E-state index contributed by atoms with van der Waals surface area (Å²) >= 11 is 0. The lowest BCUT2D eigenvalue weighted by atomic mass is 10.3. The lowest BCUT2D eigenvalue weighted by Crippen LogP contribution is -2.25. The van der Waals surface area contributed by atoms with E-state index in [4.69, 9.17) is 0 Å². The second-order valence-electron chi connectivity index (χ2n) is 4.31. The van der Waals surface area contributed by atoms with Crippen molar-refractivity contribution in [2.75, 3.05) is 39.3 Å². The van der Waals surface area contributed by atoms with Crippen molar-refractivity contribution in [3.8, 4) is 0 Å². The lowest BCUT2D eigenvalue weighted by molar-refractivity contribution is 0.558. The quantitative estimate of drug-likeness (QED) is 0.451. The fraction of sp³-hybridized carbons (Fsp3) is 1.00. The second kappa shape index (κ2) is 31.3. The van der Waals surface area contributed by atoms with Gasteiger partial charge in [-0.05, 0) is 65.0 Å². The van der Waals surface area contributed by atoms with Gasteiger partial charge in [0.25, 0.3) is 0 Å². The molecule has 0 saturated carbocycles. The van der Waals surface area contributed by atoms with Crippen LogP contribution in [0.2, 0.25) is 0 Å². The largest absolute Gasteiger partial charge is 0.317 e. The minimum atomic E-state index is 1.14. The van der Waals surface area contributed by atoms with E-state index < -0.39 is 0 Å². The van der Waals surface area contributed by atoms with E-state index >= 15 is 0 Å². The van der Waals surface area contributed by atoms with Crippen LogP contribution in [0.1, 0.15) is 73.6 Å². The molecule has 0 rings (SSSR count). The van der Waals surface area contributed by atoms with E-state index in [0.717, 1.165) is 32.7 Å². The highest BCUT2D eigenvalue weighted by molar-refractivity contribution is 4.54. The molecule has 0 aliphatic rings. The number of hydrogen-bond donors (Lipinski definition) is 3. The Hall–Kier alpha value is -0.120. The van der Waals surface area contributed by atoms with Gasteiger partial charge >= 0.3 is 0 Å². The smallest absolute Gasteiger partial charge is 0.00368 e. The van der Waals surface area contributed by atoms with Gasteiger partial charge in [0.2, 0.25) is 0 Å². The molecule has 0 heterocycles. The number of unbranched alkanes of at least 4 members (excludes halogenated alkanes) is 1. The van der Waals surface area contributed by atoms with Crippen molar-refractivity contribution < 1.29 is 0 Å². The number of nitrogens with one attached hydrogen (secondary N) is 3. The molecule has 0 amide bonds. The molecule has 0 aliphatic heterocycles. The summed E-state index contributed by atoms with van der Waals surface area (Å²) in [6, 6.07) is 0. The zero-order chi connectivity index (χ0) is 15.9. The zero-order valence-electron chi connectivity index (χ0n) is 15.3. The molecule has 0 fully saturated rings. The van der Waals surface area contributed by atoms with Gasteiger partial charge in [-0.3, -0.25) is 0 Å². The summed E-state index contributed by atoms with van der Waals surface area (Å²) in [5.41, 5.74) is 0. The van der Waals surface area contributed by atoms with E-state index in [0.29, 0.717) is 0 Å². The second-order valence-corrected chi connectivity index (χ2v) is 4.31. The number of hydrogen-bond acceptors (Lipinski definition) is 3. The van der Waals surface area contributed by atoms with Crippen molar-refractivity contribution in [3.63, 3.8) is 0 Å². The predicted molar refractivity (Wildman–Crippen MR) is 95.7 cm³/mol. The third kappa shape index (κ3) is 30.7. The maximum absolute atomic E-state index is 3.47. The summed E-state index contributed by atoms with van der Waals surface area (Å²) in [4.78, 5) is 0. The first kappa shape index (κ1) is 24.9. The minimum absolute atomic E-state index is 1.14. The molecule has 0 aromatic carbocycles. The molecule has 0 saturated heterocycles. The van der Waals surface area contributed by atoms with Crippen LogP contribution in [0.5, 0.6) is 0 Å². The summed E-state index contributed by atoms with van der Waals surface area (Å²) in [6.07, 6.45) is 6.30. The van der Waals surface area contributed by atoms with Crippen molar-refractivity contribution in [1.29, 1.82) is 0 Å². The van der Waals surface area contributed by atoms with Crippen LogP contribution in [-0.4, -0.2) is 39.3 Å². The summed E-state index contributed by atoms with van der Waals surface area (Å²) in [5, 5.41) is 10.3. The standard InChI is InChI=1S/C13H31N3.2C2H6/c1-3-5-9-15-11-7-13-16-12-6-10-14-8-4-2;2*1-2/h14-16H,3-13H2,1-2H3;2*1-2H3. The van der Waals surface area contributed by atoms with Crippen molar-refractivity contribution in [3.05, 3.63) is 0 Å². The van der Waals surface area contributed by atoms with Crippen molar-refractivity contribution in [2.45, 2.75) is 73.6 Å². The maximum atomic E-state index is 3.47. The average Bonchev–Trinajstić information content (AvgIpc) is 2.52. The molecule has 0 spiro atoms. The highest BCUT2D eigenvalue weighted by atomic mass is 14.9. The van der Waals surface area contributed by atoms with Crippen molar-refractivity contribution >= 4 is 0 Å². The molecule has 0 aromatic heterocycles. The normalized spacial score (nSPS) is 9.30. The first-order valence-electron chi connectivity index (χ1n) is 9.04. The highest BCUT2D eigenvalue weighted by Gasteiger charge is 1.89. The first-order valence-corrected chi connectivity index (χ1v) is 9.04. The fourth-order valence-corrected chi connectivity index (χ4v) is 1.53. The molecule has 3 N–H and O–H groups in total. The van der Waals surface area contributed by atoms with Crippen LogP contribution in [0.3, 0.4) is 0 Å². The Morgan fingerprint density at radius 2 is 0.800 bits per heavy atom. The fourth-order valence-electron chi connectivity index (χ4n) is 1.53. The zero-order valence-corrected chi connectivity index (χ0v) is 15.3. The Kier molecular flexibility index (Phi) is 39.0. The highest BCUT2D eigenvalue weighted by Crippen LogP contribution is 1.83. The monoisotopic (exact) mass is 289 g/mol. The molecule has 3 nitrogen and oxygen atoms in total. The van der Waals surface area contributed by atoms with Crippen LogP contribution in [0.15, 0.2) is 0 Å². The van der Waals surface area contributed by atoms with E-state index in [1.165, 1.54) is 38.6 Å².